The third-order valence-electron chi connectivity index (χ3n) is 3.49. The summed E-state index contributed by atoms with van der Waals surface area (Å²) in [4.78, 5) is 0. The van der Waals surface area contributed by atoms with E-state index in [-0.39, 0.29) is 12.0 Å². The first-order chi connectivity index (χ1) is 8.39. The number of methoxy groups -OCH3 is 1. The molecule has 0 aromatic rings. The Morgan fingerprint density at radius 3 is 2.78 bits per heavy atom. The molecule has 0 aromatic heterocycles. The van der Waals surface area contributed by atoms with Crippen molar-refractivity contribution in [2.75, 3.05) is 40.4 Å². The van der Waals surface area contributed by atoms with Crippen LogP contribution in [0.2, 0.25) is 0 Å². The van der Waals surface area contributed by atoms with Crippen LogP contribution in [0.4, 0.5) is 0 Å². The quantitative estimate of drug-likeness (QED) is 0.735. The molecule has 1 fully saturated rings. The summed E-state index contributed by atoms with van der Waals surface area (Å²) in [5.41, 5.74) is 5.87. The molecule has 0 amide bonds. The van der Waals surface area contributed by atoms with E-state index >= 15 is 0 Å². The van der Waals surface area contributed by atoms with E-state index in [4.69, 9.17) is 10.5 Å². The average molecular weight is 279 g/mol. The Bertz CT molecular complexity index is 345. The Morgan fingerprint density at radius 1 is 1.56 bits per heavy atom. The molecule has 2 unspecified atom stereocenters. The zero-order valence-corrected chi connectivity index (χ0v) is 12.3. The zero-order valence-electron chi connectivity index (χ0n) is 11.5. The largest absolute Gasteiger partial charge is 0.383 e. The van der Waals surface area contributed by atoms with E-state index in [2.05, 4.69) is 0 Å². The summed E-state index contributed by atoms with van der Waals surface area (Å²) >= 11 is 0. The van der Waals surface area contributed by atoms with E-state index in [0.717, 1.165) is 12.8 Å². The Labute approximate surface area is 110 Å². The van der Waals surface area contributed by atoms with Crippen LogP contribution in [-0.4, -0.2) is 63.5 Å². The first-order valence-corrected chi connectivity index (χ1v) is 7.75. The van der Waals surface area contributed by atoms with Gasteiger partial charge >= 0.3 is 0 Å². The Hall–Kier alpha value is -0.210. The summed E-state index contributed by atoms with van der Waals surface area (Å²) in [7, 11) is -0.219. The molecule has 1 aliphatic heterocycles. The smallest absolute Gasteiger partial charge is 0.281 e. The van der Waals surface area contributed by atoms with Crippen LogP contribution >= 0.6 is 0 Å². The maximum absolute atomic E-state index is 12.3. The highest BCUT2D eigenvalue weighted by Gasteiger charge is 2.32. The number of nitrogens with two attached hydrogens (primary N) is 1. The van der Waals surface area contributed by atoms with Crippen LogP contribution in [0.25, 0.3) is 0 Å². The van der Waals surface area contributed by atoms with E-state index in [1.807, 2.05) is 6.92 Å². The van der Waals surface area contributed by atoms with Gasteiger partial charge in [0.1, 0.15) is 0 Å². The Morgan fingerprint density at radius 2 is 2.22 bits per heavy atom. The van der Waals surface area contributed by atoms with E-state index in [9.17, 15) is 8.42 Å². The molecule has 1 heterocycles. The number of ether oxygens (including phenoxy) is 1. The van der Waals surface area contributed by atoms with E-state index < -0.39 is 10.2 Å². The molecule has 0 aliphatic carbocycles. The van der Waals surface area contributed by atoms with Gasteiger partial charge in [0.2, 0.25) is 0 Å². The van der Waals surface area contributed by atoms with Crippen LogP contribution in [0, 0.1) is 5.92 Å². The van der Waals surface area contributed by atoms with Crippen LogP contribution < -0.4 is 5.73 Å². The van der Waals surface area contributed by atoms with Crippen LogP contribution in [-0.2, 0) is 14.9 Å². The van der Waals surface area contributed by atoms with Crippen LogP contribution in [0.1, 0.15) is 19.8 Å². The summed E-state index contributed by atoms with van der Waals surface area (Å²) in [6, 6.07) is 0.0345. The SMILES string of the molecule is COCCN(C)S(=O)(=O)N1CCCC(C(C)N)C1. The summed E-state index contributed by atoms with van der Waals surface area (Å²) in [6.45, 7) is 3.83. The molecule has 0 aromatic carbocycles. The molecule has 108 valence electrons. The van der Waals surface area contributed by atoms with Crippen molar-refractivity contribution in [2.24, 2.45) is 11.7 Å². The topological polar surface area (TPSA) is 75.9 Å². The lowest BCUT2D eigenvalue weighted by Gasteiger charge is -2.35. The predicted octanol–water partition coefficient (Wildman–Crippen LogP) is -0.131. The molecule has 0 spiro atoms. The van der Waals surface area contributed by atoms with Gasteiger partial charge in [-0.3, -0.25) is 0 Å². The highest BCUT2D eigenvalue weighted by Crippen LogP contribution is 2.22. The molecule has 1 aliphatic rings. The van der Waals surface area contributed by atoms with Crippen molar-refractivity contribution in [1.82, 2.24) is 8.61 Å². The number of likely N-dealkylation sites (N-methyl/N-ethyl adjacent to an activating group) is 1. The molecule has 6 nitrogen and oxygen atoms in total. The standard InChI is InChI=1S/C11H25N3O3S/c1-10(12)11-5-4-6-14(9-11)18(15,16)13(2)7-8-17-3/h10-11H,4-9,12H2,1-3H3. The van der Waals surface area contributed by atoms with Crippen molar-refractivity contribution < 1.29 is 13.2 Å². The molecule has 7 heteroatoms. The number of hydrogen-bond acceptors (Lipinski definition) is 4. The maximum atomic E-state index is 12.3. The summed E-state index contributed by atoms with van der Waals surface area (Å²) in [5.74, 6) is 0.254. The lowest BCUT2D eigenvalue weighted by molar-refractivity contribution is 0.178. The molecule has 1 rings (SSSR count). The fourth-order valence-corrected chi connectivity index (χ4v) is 3.58. The van der Waals surface area contributed by atoms with Gasteiger partial charge in [-0.2, -0.15) is 17.0 Å². The summed E-state index contributed by atoms with van der Waals surface area (Å²) in [5, 5.41) is 0. The highest BCUT2D eigenvalue weighted by molar-refractivity contribution is 7.86. The third kappa shape index (κ3) is 3.89. The molecular weight excluding hydrogens is 254 g/mol. The molecule has 0 saturated carbocycles. The molecule has 2 N–H and O–H groups in total. The zero-order chi connectivity index (χ0) is 13.8. The van der Waals surface area contributed by atoms with Gasteiger partial charge in [0.15, 0.2) is 0 Å². The van der Waals surface area contributed by atoms with Gasteiger partial charge in [-0.05, 0) is 25.7 Å². The van der Waals surface area contributed by atoms with Crippen molar-refractivity contribution in [2.45, 2.75) is 25.8 Å². The minimum absolute atomic E-state index is 0.0345. The van der Waals surface area contributed by atoms with E-state index in [0.29, 0.717) is 26.2 Å². The van der Waals surface area contributed by atoms with Crippen LogP contribution in [0.3, 0.4) is 0 Å². The number of nitrogens with zero attached hydrogens (tertiary/aromatic N) is 2. The van der Waals surface area contributed by atoms with Gasteiger partial charge in [0, 0.05) is 39.8 Å². The Kier molecular flexibility index (Phi) is 6.00. The van der Waals surface area contributed by atoms with Crippen molar-refractivity contribution in [1.29, 1.82) is 0 Å². The molecule has 18 heavy (non-hydrogen) atoms. The molecule has 0 radical (unpaired) electrons. The van der Waals surface area contributed by atoms with Gasteiger partial charge in [0.05, 0.1) is 6.61 Å². The van der Waals surface area contributed by atoms with Gasteiger partial charge in [0.25, 0.3) is 10.2 Å². The fourth-order valence-electron chi connectivity index (χ4n) is 2.14. The third-order valence-corrected chi connectivity index (χ3v) is 5.45. The lowest BCUT2D eigenvalue weighted by atomic mass is 9.93. The van der Waals surface area contributed by atoms with Crippen molar-refractivity contribution in [3.63, 3.8) is 0 Å². The lowest BCUT2D eigenvalue weighted by Crippen LogP contribution is -2.50. The predicted molar refractivity (Wildman–Crippen MR) is 71.4 cm³/mol. The van der Waals surface area contributed by atoms with Gasteiger partial charge in [-0.25, -0.2) is 0 Å². The minimum Gasteiger partial charge on any atom is -0.383 e. The Balaban J connectivity index is 2.66. The minimum atomic E-state index is -3.37. The van der Waals surface area contributed by atoms with Crippen molar-refractivity contribution in [3.05, 3.63) is 0 Å². The normalized spacial score (nSPS) is 24.4. The summed E-state index contributed by atoms with van der Waals surface area (Å²) < 4.78 is 32.4. The molecule has 2 atom stereocenters. The van der Waals surface area contributed by atoms with Crippen LogP contribution in [0.5, 0.6) is 0 Å². The number of piperidine rings is 1. The second-order valence-corrected chi connectivity index (χ2v) is 6.98. The van der Waals surface area contributed by atoms with E-state index in [1.165, 1.54) is 4.31 Å². The highest BCUT2D eigenvalue weighted by atomic mass is 32.2. The molecule has 1 saturated heterocycles. The summed E-state index contributed by atoms with van der Waals surface area (Å²) in [6.07, 6.45) is 1.88. The number of rotatable bonds is 6. The second kappa shape index (κ2) is 6.81. The fraction of sp³-hybridized carbons (Fsp3) is 1.00. The monoisotopic (exact) mass is 279 g/mol. The first kappa shape index (κ1) is 15.8. The number of hydrogen-bond donors (Lipinski definition) is 1. The second-order valence-electron chi connectivity index (χ2n) is 4.94. The average Bonchev–Trinajstić information content (AvgIpc) is 2.35. The van der Waals surface area contributed by atoms with Gasteiger partial charge in [-0.15, -0.1) is 0 Å². The van der Waals surface area contributed by atoms with Crippen molar-refractivity contribution >= 4 is 10.2 Å². The maximum Gasteiger partial charge on any atom is 0.281 e. The first-order valence-electron chi connectivity index (χ1n) is 6.35. The molecule has 0 bridgehead atoms. The van der Waals surface area contributed by atoms with Gasteiger partial charge < -0.3 is 10.5 Å². The van der Waals surface area contributed by atoms with Gasteiger partial charge in [-0.1, -0.05) is 0 Å². The van der Waals surface area contributed by atoms with Crippen molar-refractivity contribution in [3.8, 4) is 0 Å². The van der Waals surface area contributed by atoms with E-state index in [1.54, 1.807) is 18.5 Å². The van der Waals surface area contributed by atoms with Crippen LogP contribution in [0.15, 0.2) is 0 Å². The molecular formula is C11H25N3O3S.